The van der Waals surface area contributed by atoms with Crippen molar-refractivity contribution in [1.82, 2.24) is 0 Å². The first-order valence-electron chi connectivity index (χ1n) is 4.95. The van der Waals surface area contributed by atoms with E-state index in [9.17, 15) is 9.90 Å². The first-order chi connectivity index (χ1) is 7.04. The van der Waals surface area contributed by atoms with Gasteiger partial charge in [-0.25, -0.2) is 0 Å². The van der Waals surface area contributed by atoms with Gasteiger partial charge in [-0.05, 0) is 44.4 Å². The Morgan fingerprint density at radius 2 is 2.07 bits per heavy atom. The summed E-state index contributed by atoms with van der Waals surface area (Å²) in [7, 11) is 0. The summed E-state index contributed by atoms with van der Waals surface area (Å²) in [5.41, 5.74) is 3.36. The van der Waals surface area contributed by atoms with Gasteiger partial charge in [-0.1, -0.05) is 17.7 Å². The molecule has 0 saturated carbocycles. The molecule has 0 amide bonds. The molecule has 0 fully saturated rings. The third kappa shape index (κ3) is 2.94. The van der Waals surface area contributed by atoms with Crippen molar-refractivity contribution in [1.29, 1.82) is 0 Å². The summed E-state index contributed by atoms with van der Waals surface area (Å²) in [5, 5.41) is 9.77. The van der Waals surface area contributed by atoms with Crippen molar-refractivity contribution in [3.63, 3.8) is 0 Å². The molecule has 80 valence electrons. The second kappa shape index (κ2) is 4.78. The summed E-state index contributed by atoms with van der Waals surface area (Å²) in [6.07, 6.45) is 3.38. The molecule has 0 saturated heterocycles. The average Bonchev–Trinajstić information content (AvgIpc) is 2.18. The molecular formula is C13H16O2. The van der Waals surface area contributed by atoms with Gasteiger partial charge in [0.15, 0.2) is 6.29 Å². The molecule has 2 heteroatoms. The lowest BCUT2D eigenvalue weighted by molar-refractivity contribution is 0.112. The molecule has 1 aromatic carbocycles. The number of allylic oxidation sites excluding steroid dienone is 2. The van der Waals surface area contributed by atoms with Crippen LogP contribution in [0.1, 0.15) is 35.3 Å². The number of aryl methyl sites for hydroxylation is 1. The summed E-state index contributed by atoms with van der Waals surface area (Å²) in [6.45, 7) is 5.93. The molecule has 0 aliphatic carbocycles. The second-order valence-corrected chi connectivity index (χ2v) is 3.97. The van der Waals surface area contributed by atoms with E-state index in [1.165, 1.54) is 5.57 Å². The highest BCUT2D eigenvalue weighted by Gasteiger charge is 2.06. The molecule has 1 rings (SSSR count). The van der Waals surface area contributed by atoms with Crippen molar-refractivity contribution in [2.75, 3.05) is 0 Å². The number of phenols is 1. The Morgan fingerprint density at radius 3 is 2.60 bits per heavy atom. The quantitative estimate of drug-likeness (QED) is 0.607. The van der Waals surface area contributed by atoms with Gasteiger partial charge in [0.05, 0.1) is 5.56 Å². The second-order valence-electron chi connectivity index (χ2n) is 3.97. The van der Waals surface area contributed by atoms with Crippen molar-refractivity contribution in [2.45, 2.75) is 27.2 Å². The average molecular weight is 204 g/mol. The van der Waals surface area contributed by atoms with Gasteiger partial charge in [0.25, 0.3) is 0 Å². The minimum absolute atomic E-state index is 0.105. The van der Waals surface area contributed by atoms with E-state index in [-0.39, 0.29) is 5.75 Å². The Hall–Kier alpha value is -1.57. The molecular weight excluding hydrogens is 188 g/mol. The maximum absolute atomic E-state index is 10.7. The van der Waals surface area contributed by atoms with Crippen LogP contribution in [-0.4, -0.2) is 11.4 Å². The lowest BCUT2D eigenvalue weighted by atomic mass is 10.0. The number of aromatic hydroxyl groups is 1. The molecule has 0 heterocycles. The third-order valence-corrected chi connectivity index (χ3v) is 2.22. The van der Waals surface area contributed by atoms with Crippen LogP contribution >= 0.6 is 0 Å². The molecule has 0 aliphatic rings. The predicted octanol–water partition coefficient (Wildman–Crippen LogP) is 3.02. The van der Waals surface area contributed by atoms with Crippen LogP contribution in [0.25, 0.3) is 0 Å². The molecule has 0 aliphatic heterocycles. The van der Waals surface area contributed by atoms with Crippen LogP contribution in [0.4, 0.5) is 0 Å². The Morgan fingerprint density at radius 1 is 1.40 bits per heavy atom. The zero-order chi connectivity index (χ0) is 11.4. The lowest BCUT2D eigenvalue weighted by Crippen LogP contribution is -1.91. The molecule has 1 N–H and O–H groups in total. The van der Waals surface area contributed by atoms with Crippen molar-refractivity contribution in [2.24, 2.45) is 0 Å². The molecule has 0 spiro atoms. The topological polar surface area (TPSA) is 37.3 Å². The highest BCUT2D eigenvalue weighted by atomic mass is 16.3. The van der Waals surface area contributed by atoms with E-state index in [0.717, 1.165) is 11.1 Å². The van der Waals surface area contributed by atoms with E-state index in [2.05, 4.69) is 0 Å². The van der Waals surface area contributed by atoms with Crippen LogP contribution in [0.3, 0.4) is 0 Å². The maximum atomic E-state index is 10.7. The van der Waals surface area contributed by atoms with E-state index >= 15 is 0 Å². The standard InChI is InChI=1S/C13H16O2/c1-9(2)4-5-11-6-10(3)7-12(8-14)13(11)15/h4,6-8,15H,5H2,1-3H3. The van der Waals surface area contributed by atoms with Crippen LogP contribution in [0.15, 0.2) is 23.8 Å². The van der Waals surface area contributed by atoms with Crippen molar-refractivity contribution >= 4 is 6.29 Å². The predicted molar refractivity (Wildman–Crippen MR) is 61.4 cm³/mol. The summed E-state index contributed by atoms with van der Waals surface area (Å²) in [5.74, 6) is 0.105. The number of aldehydes is 1. The number of rotatable bonds is 3. The van der Waals surface area contributed by atoms with Crippen molar-refractivity contribution in [3.05, 3.63) is 40.5 Å². The fourth-order valence-corrected chi connectivity index (χ4v) is 1.44. The monoisotopic (exact) mass is 204 g/mol. The first kappa shape index (κ1) is 11.5. The van der Waals surface area contributed by atoms with Gasteiger partial charge in [-0.2, -0.15) is 0 Å². The highest BCUT2D eigenvalue weighted by molar-refractivity contribution is 5.80. The fraction of sp³-hybridized carbons (Fsp3) is 0.308. The largest absolute Gasteiger partial charge is 0.507 e. The van der Waals surface area contributed by atoms with Gasteiger partial charge in [0.1, 0.15) is 5.75 Å². The fourth-order valence-electron chi connectivity index (χ4n) is 1.44. The molecule has 0 bridgehead atoms. The van der Waals surface area contributed by atoms with E-state index in [0.29, 0.717) is 18.3 Å². The first-order valence-corrected chi connectivity index (χ1v) is 4.95. The summed E-state index contributed by atoms with van der Waals surface area (Å²) < 4.78 is 0. The molecule has 0 aromatic heterocycles. The number of hydrogen-bond donors (Lipinski definition) is 1. The van der Waals surface area contributed by atoms with Gasteiger partial charge < -0.3 is 5.11 Å². The molecule has 2 nitrogen and oxygen atoms in total. The summed E-state index contributed by atoms with van der Waals surface area (Å²) >= 11 is 0. The number of benzene rings is 1. The zero-order valence-electron chi connectivity index (χ0n) is 9.37. The molecule has 1 aromatic rings. The molecule has 0 atom stereocenters. The Balaban J connectivity index is 3.12. The van der Waals surface area contributed by atoms with Gasteiger partial charge in [-0.15, -0.1) is 0 Å². The molecule has 0 radical (unpaired) electrons. The number of hydrogen-bond acceptors (Lipinski definition) is 2. The van der Waals surface area contributed by atoms with Crippen LogP contribution in [0, 0.1) is 6.92 Å². The van der Waals surface area contributed by atoms with Crippen molar-refractivity contribution < 1.29 is 9.90 Å². The number of phenolic OH excluding ortho intramolecular Hbond substituents is 1. The summed E-state index contributed by atoms with van der Waals surface area (Å²) in [4.78, 5) is 10.7. The Bertz CT molecular complexity index is 399. The summed E-state index contributed by atoms with van der Waals surface area (Å²) in [6, 6.07) is 3.59. The van der Waals surface area contributed by atoms with E-state index in [4.69, 9.17) is 0 Å². The van der Waals surface area contributed by atoms with E-state index < -0.39 is 0 Å². The molecule has 15 heavy (non-hydrogen) atoms. The van der Waals surface area contributed by atoms with Crippen LogP contribution in [0.5, 0.6) is 5.75 Å². The van der Waals surface area contributed by atoms with Crippen LogP contribution in [0.2, 0.25) is 0 Å². The van der Waals surface area contributed by atoms with Gasteiger partial charge in [0, 0.05) is 0 Å². The van der Waals surface area contributed by atoms with Crippen LogP contribution < -0.4 is 0 Å². The Kier molecular flexibility index (Phi) is 3.67. The minimum atomic E-state index is 0.105. The Labute approximate surface area is 90.3 Å². The number of carbonyl (C=O) groups is 1. The SMILES string of the molecule is CC(C)=CCc1cc(C)cc(C=O)c1O. The lowest BCUT2D eigenvalue weighted by Gasteiger charge is -2.06. The van der Waals surface area contributed by atoms with Gasteiger partial charge >= 0.3 is 0 Å². The van der Waals surface area contributed by atoms with E-state index in [1.807, 2.05) is 32.9 Å². The van der Waals surface area contributed by atoms with Gasteiger partial charge in [-0.3, -0.25) is 4.79 Å². The highest BCUT2D eigenvalue weighted by Crippen LogP contribution is 2.24. The zero-order valence-corrected chi connectivity index (χ0v) is 9.37. The van der Waals surface area contributed by atoms with Crippen LogP contribution in [-0.2, 0) is 6.42 Å². The third-order valence-electron chi connectivity index (χ3n) is 2.22. The molecule has 0 unspecified atom stereocenters. The minimum Gasteiger partial charge on any atom is -0.507 e. The van der Waals surface area contributed by atoms with Gasteiger partial charge in [0.2, 0.25) is 0 Å². The van der Waals surface area contributed by atoms with Crippen molar-refractivity contribution in [3.8, 4) is 5.75 Å². The van der Waals surface area contributed by atoms with E-state index in [1.54, 1.807) is 6.07 Å². The normalized spacial score (nSPS) is 9.80. The number of carbonyl (C=O) groups excluding carboxylic acids is 1. The smallest absolute Gasteiger partial charge is 0.153 e. The maximum Gasteiger partial charge on any atom is 0.153 e.